The number of hydrogen-bond acceptors (Lipinski definition) is 3. The second-order valence-electron chi connectivity index (χ2n) is 4.17. The largest absolute Gasteiger partial charge is 0.451 e. The summed E-state index contributed by atoms with van der Waals surface area (Å²) in [6, 6.07) is 7.37. The van der Waals surface area contributed by atoms with E-state index in [1.165, 1.54) is 6.92 Å². The Labute approximate surface area is 122 Å². The lowest BCUT2D eigenvalue weighted by atomic mass is 10.2. The number of thiocarbonyl (C=S) groups is 1. The van der Waals surface area contributed by atoms with E-state index in [9.17, 15) is 4.79 Å². The zero-order chi connectivity index (χ0) is 14.7. The number of hydrogen-bond donors (Lipinski definition) is 2. The third-order valence-corrected chi connectivity index (χ3v) is 2.88. The second-order valence-corrected chi connectivity index (χ2v) is 4.58. The summed E-state index contributed by atoms with van der Waals surface area (Å²) in [7, 11) is 0. The average molecular weight is 286 g/mol. The summed E-state index contributed by atoms with van der Waals surface area (Å²) in [5.41, 5.74) is 1.76. The van der Waals surface area contributed by atoms with Crippen molar-refractivity contribution in [2.45, 2.75) is 6.92 Å². The summed E-state index contributed by atoms with van der Waals surface area (Å²) < 4.78 is 5.55. The summed E-state index contributed by atoms with van der Waals surface area (Å²) in [6.07, 6.45) is 1.55. The number of furan rings is 1. The van der Waals surface area contributed by atoms with Crippen LogP contribution in [0, 0.1) is 0 Å². The summed E-state index contributed by atoms with van der Waals surface area (Å²) >= 11 is 5.17. The van der Waals surface area contributed by atoms with Crippen LogP contribution in [0.4, 0.5) is 5.69 Å². The highest BCUT2D eigenvalue weighted by Crippen LogP contribution is 2.31. The van der Waals surface area contributed by atoms with E-state index in [-0.39, 0.29) is 11.5 Å². The number of ketones is 1. The van der Waals surface area contributed by atoms with Gasteiger partial charge in [0, 0.05) is 18.0 Å². The second kappa shape index (κ2) is 5.71. The van der Waals surface area contributed by atoms with E-state index in [4.69, 9.17) is 16.6 Å². The first kappa shape index (κ1) is 14.0. The summed E-state index contributed by atoms with van der Waals surface area (Å²) in [4.78, 5) is 11.7. The number of allylic oxidation sites excluding steroid dienone is 1. The Morgan fingerprint density at radius 2 is 2.10 bits per heavy atom. The van der Waals surface area contributed by atoms with Crippen LogP contribution in [-0.4, -0.2) is 10.9 Å². The number of carbonyl (C=O) groups is 1. The third kappa shape index (κ3) is 2.78. The van der Waals surface area contributed by atoms with E-state index in [0.29, 0.717) is 22.1 Å². The van der Waals surface area contributed by atoms with Gasteiger partial charge in [-0.05, 0) is 30.4 Å². The molecular formula is C15H14N2O2S. The van der Waals surface area contributed by atoms with Crippen LogP contribution < -0.4 is 10.6 Å². The molecule has 0 spiro atoms. The van der Waals surface area contributed by atoms with Crippen molar-refractivity contribution < 1.29 is 9.21 Å². The summed E-state index contributed by atoms with van der Waals surface area (Å²) in [6.45, 7) is 8.75. The molecule has 0 atom stereocenters. The maximum absolute atomic E-state index is 11.7. The van der Waals surface area contributed by atoms with E-state index < -0.39 is 0 Å². The van der Waals surface area contributed by atoms with Gasteiger partial charge in [0.15, 0.2) is 16.7 Å². The Morgan fingerprint density at radius 1 is 1.40 bits per heavy atom. The molecule has 0 bridgehead atoms. The SMILES string of the molecule is C=CC(=C)NC(=S)Nc1c(C(C)=O)oc2ccccc12. The van der Waals surface area contributed by atoms with Crippen LogP contribution in [-0.2, 0) is 0 Å². The standard InChI is InChI=1S/C15H14N2O2S/c1-4-9(2)16-15(20)17-13-11-7-5-6-8-12(11)19-14(13)10(3)18/h4-8H,1-2H2,3H3,(H2,16,17,20). The molecule has 2 N–H and O–H groups in total. The van der Waals surface area contributed by atoms with Crippen molar-refractivity contribution in [1.82, 2.24) is 5.32 Å². The van der Waals surface area contributed by atoms with Crippen molar-refractivity contribution in [3.63, 3.8) is 0 Å². The Morgan fingerprint density at radius 3 is 2.75 bits per heavy atom. The van der Waals surface area contributed by atoms with Gasteiger partial charge in [0.05, 0.1) is 5.69 Å². The molecule has 5 heteroatoms. The molecule has 0 fully saturated rings. The predicted octanol–water partition coefficient (Wildman–Crippen LogP) is 3.62. The number of nitrogens with one attached hydrogen (secondary N) is 2. The molecule has 0 aliphatic heterocycles. The number of para-hydroxylation sites is 1. The molecule has 0 saturated heterocycles. The van der Waals surface area contributed by atoms with Crippen LogP contribution in [0.15, 0.2) is 53.6 Å². The zero-order valence-corrected chi connectivity index (χ0v) is 11.8. The Hall–Kier alpha value is -2.40. The van der Waals surface area contributed by atoms with Crippen molar-refractivity contribution in [3.8, 4) is 0 Å². The molecule has 2 aromatic rings. The number of benzene rings is 1. The molecule has 102 valence electrons. The van der Waals surface area contributed by atoms with Gasteiger partial charge in [-0.2, -0.15) is 0 Å². The fourth-order valence-corrected chi connectivity index (χ4v) is 1.99. The molecule has 4 nitrogen and oxygen atoms in total. The zero-order valence-electron chi connectivity index (χ0n) is 11.0. The van der Waals surface area contributed by atoms with Crippen molar-refractivity contribution in [2.75, 3.05) is 5.32 Å². The fraction of sp³-hybridized carbons (Fsp3) is 0.0667. The van der Waals surface area contributed by atoms with Gasteiger partial charge in [0.25, 0.3) is 0 Å². The molecule has 1 aromatic heterocycles. The molecule has 0 aliphatic carbocycles. The van der Waals surface area contributed by atoms with Crippen LogP contribution in [0.25, 0.3) is 11.0 Å². The van der Waals surface area contributed by atoms with Gasteiger partial charge >= 0.3 is 0 Å². The maximum Gasteiger partial charge on any atom is 0.197 e. The van der Waals surface area contributed by atoms with Gasteiger partial charge in [0.1, 0.15) is 5.58 Å². The highest BCUT2D eigenvalue weighted by atomic mass is 32.1. The van der Waals surface area contributed by atoms with Crippen LogP contribution >= 0.6 is 12.2 Å². The molecule has 0 amide bonds. The molecule has 2 rings (SSSR count). The minimum absolute atomic E-state index is 0.172. The van der Waals surface area contributed by atoms with Crippen LogP contribution in [0.1, 0.15) is 17.5 Å². The van der Waals surface area contributed by atoms with Crippen LogP contribution in [0.5, 0.6) is 0 Å². The highest BCUT2D eigenvalue weighted by Gasteiger charge is 2.18. The lowest BCUT2D eigenvalue weighted by Gasteiger charge is -2.09. The van der Waals surface area contributed by atoms with Crippen molar-refractivity contribution in [3.05, 3.63) is 55.0 Å². The van der Waals surface area contributed by atoms with Gasteiger partial charge in [-0.25, -0.2) is 0 Å². The molecule has 0 radical (unpaired) electrons. The van der Waals surface area contributed by atoms with Gasteiger partial charge in [-0.3, -0.25) is 4.79 Å². The Kier molecular flexibility index (Phi) is 4.00. The van der Waals surface area contributed by atoms with Crippen LogP contribution in [0.3, 0.4) is 0 Å². The lowest BCUT2D eigenvalue weighted by molar-refractivity contribution is 0.0990. The first-order valence-corrected chi connectivity index (χ1v) is 6.35. The Bertz CT molecular complexity index is 716. The first-order chi connectivity index (χ1) is 9.52. The van der Waals surface area contributed by atoms with Crippen molar-refractivity contribution in [1.29, 1.82) is 0 Å². The minimum atomic E-state index is -0.172. The van der Waals surface area contributed by atoms with Gasteiger partial charge in [0.2, 0.25) is 0 Å². The van der Waals surface area contributed by atoms with Crippen LogP contribution in [0.2, 0.25) is 0 Å². The number of Topliss-reactive ketones (excluding diaryl/α,β-unsaturated/α-hetero) is 1. The van der Waals surface area contributed by atoms with E-state index in [1.807, 2.05) is 18.2 Å². The van der Waals surface area contributed by atoms with E-state index in [1.54, 1.807) is 12.1 Å². The topological polar surface area (TPSA) is 54.3 Å². The summed E-state index contributed by atoms with van der Waals surface area (Å²) in [5, 5.41) is 6.95. The fourth-order valence-electron chi connectivity index (χ4n) is 1.76. The molecule has 0 unspecified atom stereocenters. The normalized spacial score (nSPS) is 10.1. The van der Waals surface area contributed by atoms with E-state index in [2.05, 4.69) is 23.8 Å². The monoisotopic (exact) mass is 286 g/mol. The van der Waals surface area contributed by atoms with Gasteiger partial charge in [-0.1, -0.05) is 25.3 Å². The predicted molar refractivity (Wildman–Crippen MR) is 84.9 cm³/mol. The number of carbonyl (C=O) groups excluding carboxylic acids is 1. The van der Waals surface area contributed by atoms with E-state index in [0.717, 1.165) is 5.39 Å². The molecular weight excluding hydrogens is 272 g/mol. The number of rotatable bonds is 4. The number of anilines is 1. The van der Waals surface area contributed by atoms with E-state index >= 15 is 0 Å². The molecule has 1 heterocycles. The highest BCUT2D eigenvalue weighted by molar-refractivity contribution is 7.80. The van der Waals surface area contributed by atoms with Crippen molar-refractivity contribution >= 4 is 39.8 Å². The minimum Gasteiger partial charge on any atom is -0.451 e. The molecule has 0 saturated carbocycles. The maximum atomic E-state index is 11.7. The lowest BCUT2D eigenvalue weighted by Crippen LogP contribution is -2.27. The number of fused-ring (bicyclic) bond motifs is 1. The van der Waals surface area contributed by atoms with Crippen molar-refractivity contribution in [2.24, 2.45) is 0 Å². The van der Waals surface area contributed by atoms with Gasteiger partial charge < -0.3 is 15.1 Å². The molecule has 20 heavy (non-hydrogen) atoms. The quantitative estimate of drug-likeness (QED) is 0.511. The summed E-state index contributed by atoms with van der Waals surface area (Å²) in [5.74, 6) is 0.0774. The average Bonchev–Trinajstić information content (AvgIpc) is 2.78. The van der Waals surface area contributed by atoms with Gasteiger partial charge in [-0.15, -0.1) is 0 Å². The molecule has 1 aromatic carbocycles. The Balaban J connectivity index is 2.39. The molecule has 0 aliphatic rings. The first-order valence-electron chi connectivity index (χ1n) is 5.94. The smallest absolute Gasteiger partial charge is 0.197 e. The third-order valence-electron chi connectivity index (χ3n) is 2.67.